The fraction of sp³-hybridized carbons (Fsp3) is 0.846. The third-order valence-corrected chi connectivity index (χ3v) is 4.23. The SMILES string of the molecule is CC1=CCC(CC(C)C(C)O)C1(C)C. The molecule has 82 valence electrons. The highest BCUT2D eigenvalue weighted by Crippen LogP contribution is 2.46. The fourth-order valence-electron chi connectivity index (χ4n) is 2.24. The molecule has 0 saturated heterocycles. The van der Waals surface area contributed by atoms with Crippen molar-refractivity contribution in [3.05, 3.63) is 11.6 Å². The van der Waals surface area contributed by atoms with Gasteiger partial charge in [-0.3, -0.25) is 0 Å². The Kier molecular flexibility index (Phi) is 3.41. The minimum atomic E-state index is -0.174. The number of aliphatic hydroxyl groups excluding tert-OH is 1. The van der Waals surface area contributed by atoms with Gasteiger partial charge in [0.25, 0.3) is 0 Å². The minimum absolute atomic E-state index is 0.174. The van der Waals surface area contributed by atoms with Gasteiger partial charge in [-0.05, 0) is 43.9 Å². The van der Waals surface area contributed by atoms with Crippen molar-refractivity contribution in [3.8, 4) is 0 Å². The summed E-state index contributed by atoms with van der Waals surface area (Å²) in [7, 11) is 0. The summed E-state index contributed by atoms with van der Waals surface area (Å²) in [6, 6.07) is 0. The van der Waals surface area contributed by atoms with Crippen LogP contribution in [0.2, 0.25) is 0 Å². The van der Waals surface area contributed by atoms with Crippen LogP contribution >= 0.6 is 0 Å². The van der Waals surface area contributed by atoms with Gasteiger partial charge in [0, 0.05) is 0 Å². The van der Waals surface area contributed by atoms with Crippen LogP contribution in [0, 0.1) is 17.3 Å². The monoisotopic (exact) mass is 196 g/mol. The molecule has 0 aromatic rings. The van der Waals surface area contributed by atoms with Gasteiger partial charge in [-0.1, -0.05) is 32.4 Å². The normalized spacial score (nSPS) is 29.9. The van der Waals surface area contributed by atoms with E-state index in [0.29, 0.717) is 17.3 Å². The molecule has 0 spiro atoms. The van der Waals surface area contributed by atoms with E-state index in [1.165, 1.54) is 12.0 Å². The molecule has 0 amide bonds. The Morgan fingerprint density at radius 1 is 1.50 bits per heavy atom. The molecule has 1 aliphatic rings. The number of hydrogen-bond donors (Lipinski definition) is 1. The van der Waals surface area contributed by atoms with E-state index < -0.39 is 0 Å². The summed E-state index contributed by atoms with van der Waals surface area (Å²) < 4.78 is 0. The van der Waals surface area contributed by atoms with Crippen LogP contribution in [-0.2, 0) is 0 Å². The van der Waals surface area contributed by atoms with E-state index in [-0.39, 0.29) is 6.10 Å². The molecule has 3 atom stereocenters. The molecule has 0 aromatic heterocycles. The van der Waals surface area contributed by atoms with Crippen LogP contribution < -0.4 is 0 Å². The van der Waals surface area contributed by atoms with Gasteiger partial charge in [-0.15, -0.1) is 0 Å². The first-order chi connectivity index (χ1) is 6.35. The summed E-state index contributed by atoms with van der Waals surface area (Å²) in [5.74, 6) is 1.13. The Morgan fingerprint density at radius 3 is 2.43 bits per heavy atom. The first-order valence-electron chi connectivity index (χ1n) is 5.71. The van der Waals surface area contributed by atoms with E-state index in [1.54, 1.807) is 0 Å². The van der Waals surface area contributed by atoms with E-state index >= 15 is 0 Å². The summed E-state index contributed by atoms with van der Waals surface area (Å²) >= 11 is 0. The third kappa shape index (κ3) is 2.20. The van der Waals surface area contributed by atoms with Gasteiger partial charge in [0.15, 0.2) is 0 Å². The van der Waals surface area contributed by atoms with Crippen LogP contribution in [0.5, 0.6) is 0 Å². The lowest BCUT2D eigenvalue weighted by Crippen LogP contribution is -2.25. The van der Waals surface area contributed by atoms with Crippen LogP contribution in [0.4, 0.5) is 0 Å². The molecule has 1 nitrogen and oxygen atoms in total. The van der Waals surface area contributed by atoms with Gasteiger partial charge < -0.3 is 5.11 Å². The standard InChI is InChI=1S/C13H24O/c1-9(11(3)14)8-12-7-6-10(2)13(12,4)5/h6,9,11-12,14H,7-8H2,1-5H3. The van der Waals surface area contributed by atoms with Crippen LogP contribution in [0.25, 0.3) is 0 Å². The highest BCUT2D eigenvalue weighted by atomic mass is 16.3. The predicted molar refractivity (Wildman–Crippen MR) is 61.1 cm³/mol. The molecule has 0 bridgehead atoms. The first-order valence-corrected chi connectivity index (χ1v) is 5.71. The van der Waals surface area contributed by atoms with Gasteiger partial charge in [0.2, 0.25) is 0 Å². The van der Waals surface area contributed by atoms with Gasteiger partial charge >= 0.3 is 0 Å². The van der Waals surface area contributed by atoms with Crippen molar-refractivity contribution < 1.29 is 5.11 Å². The van der Waals surface area contributed by atoms with E-state index in [9.17, 15) is 5.11 Å². The Balaban J connectivity index is 2.57. The smallest absolute Gasteiger partial charge is 0.0537 e. The molecule has 14 heavy (non-hydrogen) atoms. The molecule has 0 saturated carbocycles. The molecular formula is C13H24O. The van der Waals surface area contributed by atoms with Crippen LogP contribution in [0.3, 0.4) is 0 Å². The maximum atomic E-state index is 9.50. The lowest BCUT2D eigenvalue weighted by molar-refractivity contribution is 0.104. The Bertz CT molecular complexity index is 225. The number of allylic oxidation sites excluding steroid dienone is 2. The molecular weight excluding hydrogens is 172 g/mol. The highest BCUT2D eigenvalue weighted by molar-refractivity contribution is 5.18. The summed E-state index contributed by atoms with van der Waals surface area (Å²) in [5.41, 5.74) is 1.85. The Morgan fingerprint density at radius 2 is 2.07 bits per heavy atom. The topological polar surface area (TPSA) is 20.2 Å². The maximum absolute atomic E-state index is 9.50. The molecule has 1 aliphatic carbocycles. The van der Waals surface area contributed by atoms with Crippen molar-refractivity contribution >= 4 is 0 Å². The van der Waals surface area contributed by atoms with Crippen molar-refractivity contribution in [2.24, 2.45) is 17.3 Å². The van der Waals surface area contributed by atoms with Gasteiger partial charge in [-0.2, -0.15) is 0 Å². The summed E-state index contributed by atoms with van der Waals surface area (Å²) in [6.45, 7) is 10.9. The summed E-state index contributed by atoms with van der Waals surface area (Å²) in [4.78, 5) is 0. The molecule has 3 unspecified atom stereocenters. The van der Waals surface area contributed by atoms with Crippen molar-refractivity contribution in [3.63, 3.8) is 0 Å². The highest BCUT2D eigenvalue weighted by Gasteiger charge is 2.35. The van der Waals surface area contributed by atoms with Crippen LogP contribution in [0.1, 0.15) is 47.5 Å². The van der Waals surface area contributed by atoms with E-state index in [2.05, 4.69) is 33.8 Å². The number of rotatable bonds is 3. The average molecular weight is 196 g/mol. The van der Waals surface area contributed by atoms with E-state index in [0.717, 1.165) is 6.42 Å². The average Bonchev–Trinajstić information content (AvgIpc) is 2.31. The zero-order valence-corrected chi connectivity index (χ0v) is 10.2. The molecule has 1 heteroatoms. The molecule has 0 aliphatic heterocycles. The third-order valence-electron chi connectivity index (χ3n) is 4.23. The summed E-state index contributed by atoms with van der Waals surface area (Å²) in [6.07, 6.45) is 4.51. The van der Waals surface area contributed by atoms with Crippen molar-refractivity contribution in [1.29, 1.82) is 0 Å². The molecule has 0 aromatic carbocycles. The number of hydrogen-bond acceptors (Lipinski definition) is 1. The van der Waals surface area contributed by atoms with E-state index in [1.807, 2.05) is 6.92 Å². The zero-order valence-electron chi connectivity index (χ0n) is 10.2. The molecule has 1 N–H and O–H groups in total. The fourth-order valence-corrected chi connectivity index (χ4v) is 2.24. The molecule has 1 rings (SSSR count). The zero-order chi connectivity index (χ0) is 10.9. The Labute approximate surface area is 88.2 Å². The molecule has 0 fully saturated rings. The molecule has 0 radical (unpaired) electrons. The van der Waals surface area contributed by atoms with Crippen LogP contribution in [-0.4, -0.2) is 11.2 Å². The lowest BCUT2D eigenvalue weighted by atomic mass is 9.73. The number of aliphatic hydroxyl groups is 1. The maximum Gasteiger partial charge on any atom is 0.0537 e. The van der Waals surface area contributed by atoms with Gasteiger partial charge in [0.05, 0.1) is 6.10 Å². The van der Waals surface area contributed by atoms with Crippen molar-refractivity contribution in [1.82, 2.24) is 0 Å². The van der Waals surface area contributed by atoms with Crippen molar-refractivity contribution in [2.75, 3.05) is 0 Å². The summed E-state index contributed by atoms with van der Waals surface area (Å²) in [5, 5.41) is 9.50. The van der Waals surface area contributed by atoms with E-state index in [4.69, 9.17) is 0 Å². The quantitative estimate of drug-likeness (QED) is 0.686. The lowest BCUT2D eigenvalue weighted by Gasteiger charge is -2.32. The minimum Gasteiger partial charge on any atom is -0.393 e. The Hall–Kier alpha value is -0.300. The van der Waals surface area contributed by atoms with Crippen LogP contribution in [0.15, 0.2) is 11.6 Å². The first kappa shape index (κ1) is 11.8. The second-order valence-corrected chi connectivity index (χ2v) is 5.50. The second kappa shape index (κ2) is 4.06. The largest absolute Gasteiger partial charge is 0.393 e. The molecule has 0 heterocycles. The predicted octanol–water partition coefficient (Wildman–Crippen LogP) is 3.39. The van der Waals surface area contributed by atoms with Crippen molar-refractivity contribution in [2.45, 2.75) is 53.6 Å². The van der Waals surface area contributed by atoms with Gasteiger partial charge in [0.1, 0.15) is 0 Å². The van der Waals surface area contributed by atoms with Gasteiger partial charge in [-0.25, -0.2) is 0 Å². The second-order valence-electron chi connectivity index (χ2n) is 5.50.